The lowest BCUT2D eigenvalue weighted by molar-refractivity contribution is 0.0532. The van der Waals surface area contributed by atoms with Crippen LogP contribution in [-0.4, -0.2) is 34.9 Å². The van der Waals surface area contributed by atoms with Crippen LogP contribution in [-0.2, 0) is 6.61 Å². The summed E-state index contributed by atoms with van der Waals surface area (Å²) in [5, 5.41) is 0. The number of likely N-dealkylation sites (tertiary alicyclic amines) is 1. The molecule has 2 N–H and O–H groups in total. The number of aromatic nitrogens is 1. The van der Waals surface area contributed by atoms with E-state index in [2.05, 4.69) is 11.9 Å². The first-order valence-corrected chi connectivity index (χ1v) is 8.83. The molecule has 1 aromatic carbocycles. The fraction of sp³-hybridized carbons (Fsp3) is 0.400. The van der Waals surface area contributed by atoms with Crippen LogP contribution in [0.3, 0.4) is 0 Å². The van der Waals surface area contributed by atoms with Crippen molar-refractivity contribution in [1.29, 1.82) is 0 Å². The maximum Gasteiger partial charge on any atom is 0.254 e. The third-order valence-electron chi connectivity index (χ3n) is 4.83. The Morgan fingerprint density at radius 1 is 1.28 bits per heavy atom. The average Bonchev–Trinajstić information content (AvgIpc) is 2.67. The van der Waals surface area contributed by atoms with E-state index in [4.69, 9.17) is 10.5 Å². The minimum absolute atomic E-state index is 0.0540. The molecule has 5 nitrogen and oxygen atoms in total. The van der Waals surface area contributed by atoms with E-state index in [0.717, 1.165) is 30.8 Å². The summed E-state index contributed by atoms with van der Waals surface area (Å²) < 4.78 is 5.72. The van der Waals surface area contributed by atoms with E-state index in [1.165, 1.54) is 0 Å². The summed E-state index contributed by atoms with van der Waals surface area (Å²) in [5.74, 6) is 1.23. The zero-order valence-corrected chi connectivity index (χ0v) is 14.6. The molecule has 1 saturated heterocycles. The normalized spacial score (nSPS) is 20.3. The Labute approximate surface area is 148 Å². The largest absolute Gasteiger partial charge is 0.487 e. The third-order valence-corrected chi connectivity index (χ3v) is 4.83. The van der Waals surface area contributed by atoms with Crippen molar-refractivity contribution in [2.75, 3.05) is 13.1 Å². The molecule has 1 aliphatic heterocycles. The number of benzene rings is 1. The summed E-state index contributed by atoms with van der Waals surface area (Å²) in [4.78, 5) is 19.0. The zero-order valence-electron chi connectivity index (χ0n) is 14.6. The highest BCUT2D eigenvalue weighted by Crippen LogP contribution is 2.25. The van der Waals surface area contributed by atoms with E-state index in [1.807, 2.05) is 47.4 Å². The van der Waals surface area contributed by atoms with Gasteiger partial charge in [0.1, 0.15) is 12.4 Å². The first kappa shape index (κ1) is 17.4. The number of nitrogens with zero attached hydrogens (tertiary/aromatic N) is 2. The third kappa shape index (κ3) is 4.17. The summed E-state index contributed by atoms with van der Waals surface area (Å²) in [6.45, 7) is 3.87. The monoisotopic (exact) mass is 339 g/mol. The Balaban J connectivity index is 1.64. The van der Waals surface area contributed by atoms with Crippen molar-refractivity contribution in [1.82, 2.24) is 9.88 Å². The molecule has 0 radical (unpaired) electrons. The van der Waals surface area contributed by atoms with Crippen molar-refractivity contribution in [3.05, 3.63) is 59.9 Å². The highest BCUT2D eigenvalue weighted by atomic mass is 16.5. The van der Waals surface area contributed by atoms with E-state index in [-0.39, 0.29) is 11.9 Å². The van der Waals surface area contributed by atoms with Crippen LogP contribution >= 0.6 is 0 Å². The molecular weight excluding hydrogens is 314 g/mol. The fourth-order valence-electron chi connectivity index (χ4n) is 3.36. The van der Waals surface area contributed by atoms with Crippen LogP contribution in [0.1, 0.15) is 35.8 Å². The summed E-state index contributed by atoms with van der Waals surface area (Å²) >= 11 is 0. The van der Waals surface area contributed by atoms with Crippen LogP contribution in [0.15, 0.2) is 48.7 Å². The average molecular weight is 339 g/mol. The van der Waals surface area contributed by atoms with Gasteiger partial charge in [0.25, 0.3) is 5.91 Å². The van der Waals surface area contributed by atoms with E-state index < -0.39 is 0 Å². The minimum atomic E-state index is 0.0540. The van der Waals surface area contributed by atoms with E-state index >= 15 is 0 Å². The zero-order chi connectivity index (χ0) is 17.6. The molecule has 0 saturated carbocycles. The molecule has 1 aromatic heterocycles. The second-order valence-electron chi connectivity index (χ2n) is 6.56. The van der Waals surface area contributed by atoms with Crippen molar-refractivity contribution in [3.8, 4) is 5.75 Å². The molecule has 2 aromatic rings. The minimum Gasteiger partial charge on any atom is -0.487 e. The van der Waals surface area contributed by atoms with Crippen molar-refractivity contribution >= 4 is 5.91 Å². The smallest absolute Gasteiger partial charge is 0.254 e. The van der Waals surface area contributed by atoms with Gasteiger partial charge in [-0.15, -0.1) is 0 Å². The molecule has 3 rings (SSSR count). The Hall–Kier alpha value is -2.40. The van der Waals surface area contributed by atoms with Gasteiger partial charge in [0, 0.05) is 30.9 Å². The number of hydrogen-bond acceptors (Lipinski definition) is 4. The number of carbonyl (C=O) groups is 1. The van der Waals surface area contributed by atoms with Gasteiger partial charge in [-0.1, -0.05) is 13.0 Å². The van der Waals surface area contributed by atoms with Crippen LogP contribution in [0.2, 0.25) is 0 Å². The lowest BCUT2D eigenvalue weighted by atomic mass is 9.90. The number of ether oxygens (including phenoxy) is 1. The molecule has 0 unspecified atom stereocenters. The van der Waals surface area contributed by atoms with Crippen LogP contribution in [0.25, 0.3) is 0 Å². The number of hydrogen-bond donors (Lipinski definition) is 1. The number of amides is 1. The van der Waals surface area contributed by atoms with Gasteiger partial charge in [0.05, 0.1) is 5.69 Å². The van der Waals surface area contributed by atoms with Gasteiger partial charge in [-0.2, -0.15) is 0 Å². The molecule has 0 bridgehead atoms. The van der Waals surface area contributed by atoms with E-state index in [0.29, 0.717) is 24.6 Å². The number of piperidine rings is 1. The lowest BCUT2D eigenvalue weighted by Gasteiger charge is -2.39. The standard InChI is InChI=1S/C20H25N3O2/c1-15-5-4-12-23(19(15)13-21)20(24)16-7-9-18(10-8-16)25-14-17-6-2-3-11-22-17/h2-3,6-11,15,19H,4-5,12-14,21H2,1H3/t15-,19+/m1/s1. The van der Waals surface area contributed by atoms with Crippen molar-refractivity contribution in [3.63, 3.8) is 0 Å². The summed E-state index contributed by atoms with van der Waals surface area (Å²) in [6.07, 6.45) is 3.91. The molecule has 2 atom stereocenters. The van der Waals surface area contributed by atoms with Gasteiger partial charge < -0.3 is 15.4 Å². The maximum atomic E-state index is 12.8. The topological polar surface area (TPSA) is 68.5 Å². The van der Waals surface area contributed by atoms with Crippen LogP contribution in [0.4, 0.5) is 0 Å². The Bertz CT molecular complexity index is 688. The van der Waals surface area contributed by atoms with Crippen LogP contribution < -0.4 is 10.5 Å². The summed E-state index contributed by atoms with van der Waals surface area (Å²) in [7, 11) is 0. The maximum absolute atomic E-state index is 12.8. The van der Waals surface area contributed by atoms with Gasteiger partial charge in [0.2, 0.25) is 0 Å². The van der Waals surface area contributed by atoms with Gasteiger partial charge in [-0.3, -0.25) is 9.78 Å². The van der Waals surface area contributed by atoms with Gasteiger partial charge >= 0.3 is 0 Å². The quantitative estimate of drug-likeness (QED) is 0.909. The molecule has 1 fully saturated rings. The van der Waals surface area contributed by atoms with E-state index in [1.54, 1.807) is 6.20 Å². The lowest BCUT2D eigenvalue weighted by Crippen LogP contribution is -2.51. The predicted octanol–water partition coefficient (Wildman–Crippen LogP) is 2.86. The van der Waals surface area contributed by atoms with Gasteiger partial charge in [-0.25, -0.2) is 0 Å². The van der Waals surface area contributed by atoms with Crippen molar-refractivity contribution in [2.24, 2.45) is 11.7 Å². The Morgan fingerprint density at radius 3 is 2.76 bits per heavy atom. The van der Waals surface area contributed by atoms with Crippen LogP contribution in [0.5, 0.6) is 5.75 Å². The highest BCUT2D eigenvalue weighted by Gasteiger charge is 2.31. The second kappa shape index (κ2) is 8.12. The van der Waals surface area contributed by atoms with Gasteiger partial charge in [0.15, 0.2) is 0 Å². The molecule has 0 spiro atoms. The fourth-order valence-corrected chi connectivity index (χ4v) is 3.36. The number of pyridine rings is 1. The number of rotatable bonds is 5. The van der Waals surface area contributed by atoms with Crippen molar-refractivity contribution < 1.29 is 9.53 Å². The molecule has 1 aliphatic rings. The molecule has 1 amide bonds. The first-order chi connectivity index (χ1) is 12.2. The Morgan fingerprint density at radius 2 is 2.08 bits per heavy atom. The van der Waals surface area contributed by atoms with Gasteiger partial charge in [-0.05, 0) is 55.2 Å². The molecule has 2 heterocycles. The SMILES string of the molecule is C[C@@H]1CCCN(C(=O)c2ccc(OCc3ccccn3)cc2)[C@H]1CN. The molecule has 0 aliphatic carbocycles. The van der Waals surface area contributed by atoms with Crippen molar-refractivity contribution in [2.45, 2.75) is 32.4 Å². The molecule has 25 heavy (non-hydrogen) atoms. The highest BCUT2D eigenvalue weighted by molar-refractivity contribution is 5.94. The second-order valence-corrected chi connectivity index (χ2v) is 6.56. The molecule has 5 heteroatoms. The Kier molecular flexibility index (Phi) is 5.66. The van der Waals surface area contributed by atoms with Crippen LogP contribution in [0, 0.1) is 5.92 Å². The number of nitrogens with two attached hydrogens (primary N) is 1. The van der Waals surface area contributed by atoms with E-state index in [9.17, 15) is 4.79 Å². The molecule has 132 valence electrons. The number of carbonyl (C=O) groups excluding carboxylic acids is 1. The summed E-state index contributed by atoms with van der Waals surface area (Å²) in [5.41, 5.74) is 7.45. The predicted molar refractivity (Wildman–Crippen MR) is 97.3 cm³/mol. The molecular formula is C20H25N3O2. The summed E-state index contributed by atoms with van der Waals surface area (Å²) in [6, 6.07) is 13.2. The first-order valence-electron chi connectivity index (χ1n) is 8.83.